The molecule has 7 nitrogen and oxygen atoms in total. The van der Waals surface area contributed by atoms with Crippen LogP contribution >= 0.6 is 34.7 Å². The van der Waals surface area contributed by atoms with Crippen molar-refractivity contribution < 1.29 is 4.79 Å². The number of aryl methyl sites for hydroxylation is 1. The summed E-state index contributed by atoms with van der Waals surface area (Å²) in [5.74, 6) is 0.731. The molecule has 1 aromatic carbocycles. The standard InChI is InChI=1S/C19H17ClN6OS2/c1-10-8-11(20)5-6-13(10)23-14(27)9-28-19-25-24-17(26(19)2)16-15(21)12-4-3-7-22-18(12)29-16/h3-8H,9,21H2,1-2H3,(H,23,27). The summed E-state index contributed by atoms with van der Waals surface area (Å²) in [5, 5.41) is 13.6. The van der Waals surface area contributed by atoms with Crippen molar-refractivity contribution in [3.8, 4) is 10.7 Å². The molecular formula is C19H17ClN6OS2. The predicted octanol–water partition coefficient (Wildman–Crippen LogP) is 4.37. The number of nitrogens with zero attached hydrogens (tertiary/aromatic N) is 4. The Bertz CT molecular complexity index is 1220. The van der Waals surface area contributed by atoms with Gasteiger partial charge < -0.3 is 15.6 Å². The number of nitrogen functional groups attached to an aromatic ring is 1. The zero-order valence-corrected chi connectivity index (χ0v) is 18.0. The molecule has 0 aliphatic heterocycles. The van der Waals surface area contributed by atoms with Gasteiger partial charge in [0, 0.05) is 29.3 Å². The van der Waals surface area contributed by atoms with Gasteiger partial charge in [-0.3, -0.25) is 4.79 Å². The van der Waals surface area contributed by atoms with Gasteiger partial charge in [0.15, 0.2) is 11.0 Å². The number of amides is 1. The van der Waals surface area contributed by atoms with Crippen molar-refractivity contribution in [2.45, 2.75) is 12.1 Å². The summed E-state index contributed by atoms with van der Waals surface area (Å²) in [6.07, 6.45) is 1.74. The van der Waals surface area contributed by atoms with E-state index in [0.717, 1.165) is 26.3 Å². The topological polar surface area (TPSA) is 98.7 Å². The number of hydrogen-bond acceptors (Lipinski definition) is 7. The largest absolute Gasteiger partial charge is 0.397 e. The number of nitrogens with two attached hydrogens (primary N) is 1. The van der Waals surface area contributed by atoms with E-state index in [0.29, 0.717) is 21.7 Å². The third-order valence-electron chi connectivity index (χ3n) is 4.34. The summed E-state index contributed by atoms with van der Waals surface area (Å²) in [5.41, 5.74) is 8.58. The number of halogens is 1. The second-order valence-electron chi connectivity index (χ2n) is 6.36. The maximum absolute atomic E-state index is 12.3. The van der Waals surface area contributed by atoms with Crippen LogP contribution in [0.4, 0.5) is 11.4 Å². The molecule has 0 fully saturated rings. The van der Waals surface area contributed by atoms with Crippen molar-refractivity contribution >= 4 is 62.2 Å². The number of carbonyl (C=O) groups is 1. The van der Waals surface area contributed by atoms with Crippen molar-refractivity contribution in [2.75, 3.05) is 16.8 Å². The van der Waals surface area contributed by atoms with Gasteiger partial charge in [-0.05, 0) is 42.8 Å². The van der Waals surface area contributed by atoms with E-state index in [4.69, 9.17) is 17.3 Å². The quantitative estimate of drug-likeness (QED) is 0.443. The van der Waals surface area contributed by atoms with E-state index in [1.54, 1.807) is 18.3 Å². The Morgan fingerprint density at radius 1 is 1.34 bits per heavy atom. The molecule has 4 rings (SSSR count). The molecule has 3 heterocycles. The smallest absolute Gasteiger partial charge is 0.234 e. The Hall–Kier alpha value is -2.62. The van der Waals surface area contributed by atoms with Crippen molar-refractivity contribution in [2.24, 2.45) is 7.05 Å². The summed E-state index contributed by atoms with van der Waals surface area (Å²) >= 11 is 8.74. The first kappa shape index (κ1) is 19.7. The molecule has 148 valence electrons. The maximum atomic E-state index is 12.3. The lowest BCUT2D eigenvalue weighted by atomic mass is 10.2. The summed E-state index contributed by atoms with van der Waals surface area (Å²) in [4.78, 5) is 18.4. The van der Waals surface area contributed by atoms with E-state index in [2.05, 4.69) is 20.5 Å². The summed E-state index contributed by atoms with van der Waals surface area (Å²) in [6.45, 7) is 1.90. The Morgan fingerprint density at radius 2 is 2.17 bits per heavy atom. The van der Waals surface area contributed by atoms with Crippen LogP contribution in [0.15, 0.2) is 41.7 Å². The van der Waals surface area contributed by atoms with Crippen molar-refractivity contribution in [3.05, 3.63) is 47.1 Å². The Balaban J connectivity index is 1.48. The Labute approximate surface area is 180 Å². The van der Waals surface area contributed by atoms with E-state index < -0.39 is 0 Å². The average molecular weight is 445 g/mol. The fourth-order valence-corrected chi connectivity index (χ4v) is 4.86. The normalized spacial score (nSPS) is 11.1. The van der Waals surface area contributed by atoms with Crippen LogP contribution < -0.4 is 11.1 Å². The highest BCUT2D eigenvalue weighted by Gasteiger charge is 2.19. The van der Waals surface area contributed by atoms with Crippen LogP contribution in [-0.2, 0) is 11.8 Å². The molecule has 0 atom stereocenters. The molecule has 0 bridgehead atoms. The number of rotatable bonds is 5. The van der Waals surface area contributed by atoms with Crippen LogP contribution in [0.25, 0.3) is 20.9 Å². The molecule has 0 radical (unpaired) electrons. The Morgan fingerprint density at radius 3 is 2.93 bits per heavy atom. The number of thioether (sulfide) groups is 1. The van der Waals surface area contributed by atoms with E-state index in [-0.39, 0.29) is 11.7 Å². The number of fused-ring (bicyclic) bond motifs is 1. The molecule has 4 aromatic rings. The van der Waals surface area contributed by atoms with E-state index in [1.165, 1.54) is 23.1 Å². The molecule has 3 aromatic heterocycles. The first-order valence-electron chi connectivity index (χ1n) is 8.65. The van der Waals surface area contributed by atoms with Gasteiger partial charge in [-0.1, -0.05) is 23.4 Å². The van der Waals surface area contributed by atoms with Gasteiger partial charge in [-0.2, -0.15) is 0 Å². The van der Waals surface area contributed by atoms with Crippen molar-refractivity contribution in [1.82, 2.24) is 19.7 Å². The van der Waals surface area contributed by atoms with Crippen LogP contribution in [0.3, 0.4) is 0 Å². The van der Waals surface area contributed by atoms with Gasteiger partial charge >= 0.3 is 0 Å². The fourth-order valence-electron chi connectivity index (χ4n) is 2.84. The lowest BCUT2D eigenvalue weighted by molar-refractivity contribution is -0.113. The number of thiophene rings is 1. The molecular weight excluding hydrogens is 428 g/mol. The molecule has 0 saturated carbocycles. The zero-order valence-electron chi connectivity index (χ0n) is 15.6. The monoisotopic (exact) mass is 444 g/mol. The first-order chi connectivity index (χ1) is 13.9. The summed E-state index contributed by atoms with van der Waals surface area (Å²) < 4.78 is 1.84. The van der Waals surface area contributed by atoms with Gasteiger partial charge in [0.05, 0.1) is 16.3 Å². The molecule has 10 heteroatoms. The van der Waals surface area contributed by atoms with Crippen LogP contribution in [0, 0.1) is 6.92 Å². The SMILES string of the molecule is Cc1cc(Cl)ccc1NC(=O)CSc1nnc(-c2sc3ncccc3c2N)n1C. The molecule has 3 N–H and O–H groups in total. The molecule has 0 saturated heterocycles. The van der Waals surface area contributed by atoms with Crippen molar-refractivity contribution in [1.29, 1.82) is 0 Å². The van der Waals surface area contributed by atoms with Gasteiger partial charge in [0.2, 0.25) is 5.91 Å². The van der Waals surface area contributed by atoms with Crippen LogP contribution in [0.5, 0.6) is 0 Å². The second kappa shape index (κ2) is 8.02. The van der Waals surface area contributed by atoms with Crippen molar-refractivity contribution in [3.63, 3.8) is 0 Å². The molecule has 0 aliphatic rings. The predicted molar refractivity (Wildman–Crippen MR) is 120 cm³/mol. The lowest BCUT2D eigenvalue weighted by Gasteiger charge is -2.08. The maximum Gasteiger partial charge on any atom is 0.234 e. The number of aromatic nitrogens is 4. The number of carbonyl (C=O) groups excluding carboxylic acids is 1. The highest BCUT2D eigenvalue weighted by molar-refractivity contribution is 7.99. The minimum Gasteiger partial charge on any atom is -0.397 e. The number of benzene rings is 1. The van der Waals surface area contributed by atoms with Gasteiger partial charge in [0.1, 0.15) is 4.83 Å². The minimum absolute atomic E-state index is 0.129. The fraction of sp³-hybridized carbons (Fsp3) is 0.158. The van der Waals surface area contributed by atoms with E-state index in [9.17, 15) is 4.79 Å². The number of anilines is 2. The molecule has 0 aliphatic carbocycles. The molecule has 29 heavy (non-hydrogen) atoms. The highest BCUT2D eigenvalue weighted by atomic mass is 35.5. The number of hydrogen-bond donors (Lipinski definition) is 2. The minimum atomic E-state index is -0.129. The average Bonchev–Trinajstić information content (AvgIpc) is 3.22. The van der Waals surface area contributed by atoms with Crippen LogP contribution in [-0.4, -0.2) is 31.4 Å². The van der Waals surface area contributed by atoms with Gasteiger partial charge in [0.25, 0.3) is 0 Å². The lowest BCUT2D eigenvalue weighted by Crippen LogP contribution is -2.15. The molecule has 0 unspecified atom stereocenters. The third-order valence-corrected chi connectivity index (χ3v) is 6.72. The van der Waals surface area contributed by atoms with Crippen LogP contribution in [0.2, 0.25) is 5.02 Å². The second-order valence-corrected chi connectivity index (χ2v) is 8.74. The number of pyridine rings is 1. The zero-order chi connectivity index (χ0) is 20.5. The number of nitrogens with one attached hydrogen (secondary N) is 1. The first-order valence-corrected chi connectivity index (χ1v) is 10.8. The van der Waals surface area contributed by atoms with E-state index >= 15 is 0 Å². The highest BCUT2D eigenvalue weighted by Crippen LogP contribution is 2.39. The molecule has 0 spiro atoms. The third kappa shape index (κ3) is 3.93. The summed E-state index contributed by atoms with van der Waals surface area (Å²) in [6, 6.07) is 9.14. The van der Waals surface area contributed by atoms with Crippen LogP contribution in [0.1, 0.15) is 5.56 Å². The molecule has 1 amide bonds. The van der Waals surface area contributed by atoms with Gasteiger partial charge in [-0.25, -0.2) is 4.98 Å². The Kier molecular flexibility index (Phi) is 5.44. The summed E-state index contributed by atoms with van der Waals surface area (Å²) in [7, 11) is 1.86. The van der Waals surface area contributed by atoms with E-state index in [1.807, 2.05) is 36.7 Å². The van der Waals surface area contributed by atoms with Gasteiger partial charge in [-0.15, -0.1) is 21.5 Å².